The highest BCUT2D eigenvalue weighted by atomic mass is 16.5. The Morgan fingerprint density at radius 1 is 1.07 bits per heavy atom. The van der Waals surface area contributed by atoms with Crippen LogP contribution >= 0.6 is 0 Å². The molecule has 0 bridgehead atoms. The van der Waals surface area contributed by atoms with Gasteiger partial charge in [-0.2, -0.15) is 9.67 Å². The SMILES string of the molecule is COc1ccc(OC)c(/C=N/NC(=O)c2ccc[n+](Cc3ccccc3)c2)c1. The minimum atomic E-state index is -0.291. The number of nitrogens with zero attached hydrogens (tertiary/aromatic N) is 2. The van der Waals surface area contributed by atoms with E-state index in [1.165, 1.54) is 6.21 Å². The second-order valence-corrected chi connectivity index (χ2v) is 6.06. The Balaban J connectivity index is 1.68. The molecule has 0 unspecified atom stereocenters. The second kappa shape index (κ2) is 9.32. The van der Waals surface area contributed by atoms with Crippen LogP contribution in [0.5, 0.6) is 11.5 Å². The van der Waals surface area contributed by atoms with E-state index in [9.17, 15) is 4.79 Å². The number of carbonyl (C=O) groups is 1. The van der Waals surface area contributed by atoms with Gasteiger partial charge in [0, 0.05) is 17.2 Å². The lowest BCUT2D eigenvalue weighted by Crippen LogP contribution is -2.35. The predicted molar refractivity (Wildman–Crippen MR) is 107 cm³/mol. The highest BCUT2D eigenvalue weighted by molar-refractivity contribution is 5.94. The zero-order valence-electron chi connectivity index (χ0n) is 15.8. The maximum atomic E-state index is 12.4. The van der Waals surface area contributed by atoms with Crippen molar-refractivity contribution < 1.29 is 18.8 Å². The molecule has 28 heavy (non-hydrogen) atoms. The maximum absolute atomic E-state index is 12.4. The largest absolute Gasteiger partial charge is 0.497 e. The number of amides is 1. The fraction of sp³-hybridized carbons (Fsp3) is 0.136. The summed E-state index contributed by atoms with van der Waals surface area (Å²) in [5.41, 5.74) is 4.93. The van der Waals surface area contributed by atoms with Crippen molar-refractivity contribution in [3.8, 4) is 11.5 Å². The number of nitrogens with one attached hydrogen (secondary N) is 1. The Hall–Kier alpha value is -3.67. The molecular formula is C22H22N3O3+. The third-order valence-electron chi connectivity index (χ3n) is 4.13. The summed E-state index contributed by atoms with van der Waals surface area (Å²) in [5.74, 6) is 1.03. The van der Waals surface area contributed by atoms with Crippen LogP contribution in [0.15, 0.2) is 78.2 Å². The summed E-state index contributed by atoms with van der Waals surface area (Å²) in [7, 11) is 3.16. The molecule has 0 spiro atoms. The van der Waals surface area contributed by atoms with Crippen LogP contribution in [0.1, 0.15) is 21.5 Å². The summed E-state index contributed by atoms with van der Waals surface area (Å²) in [6.45, 7) is 0.687. The molecule has 0 aliphatic carbocycles. The number of ether oxygens (including phenoxy) is 2. The van der Waals surface area contributed by atoms with Crippen LogP contribution in [0.25, 0.3) is 0 Å². The van der Waals surface area contributed by atoms with Crippen molar-refractivity contribution >= 4 is 12.1 Å². The molecule has 0 saturated heterocycles. The first kappa shape index (κ1) is 19.1. The lowest BCUT2D eigenvalue weighted by molar-refractivity contribution is -0.688. The average Bonchev–Trinajstić information content (AvgIpc) is 2.74. The summed E-state index contributed by atoms with van der Waals surface area (Å²) in [6.07, 6.45) is 5.25. The molecule has 3 rings (SSSR count). The van der Waals surface area contributed by atoms with Crippen LogP contribution in [-0.2, 0) is 6.54 Å². The normalized spacial score (nSPS) is 10.6. The minimum Gasteiger partial charge on any atom is -0.497 e. The molecule has 6 nitrogen and oxygen atoms in total. The number of hydrogen-bond acceptors (Lipinski definition) is 4. The molecular weight excluding hydrogens is 354 g/mol. The highest BCUT2D eigenvalue weighted by Crippen LogP contribution is 2.22. The Kier molecular flexibility index (Phi) is 6.36. The molecule has 0 aliphatic heterocycles. The van der Waals surface area contributed by atoms with E-state index < -0.39 is 0 Å². The van der Waals surface area contributed by atoms with E-state index in [1.807, 2.05) is 47.2 Å². The van der Waals surface area contributed by atoms with Crippen LogP contribution < -0.4 is 19.5 Å². The van der Waals surface area contributed by atoms with E-state index in [0.717, 1.165) is 5.56 Å². The fourth-order valence-corrected chi connectivity index (χ4v) is 2.71. The highest BCUT2D eigenvalue weighted by Gasteiger charge is 2.11. The number of carbonyl (C=O) groups excluding carboxylic acids is 1. The van der Waals surface area contributed by atoms with Gasteiger partial charge in [0.25, 0.3) is 5.91 Å². The van der Waals surface area contributed by atoms with Gasteiger partial charge < -0.3 is 9.47 Å². The lowest BCUT2D eigenvalue weighted by Gasteiger charge is -2.06. The van der Waals surface area contributed by atoms with Crippen molar-refractivity contribution in [1.29, 1.82) is 0 Å². The van der Waals surface area contributed by atoms with Gasteiger partial charge in [-0.15, -0.1) is 0 Å². The molecule has 3 aromatic rings. The molecule has 6 heteroatoms. The summed E-state index contributed by atoms with van der Waals surface area (Å²) in [4.78, 5) is 12.4. The molecule has 1 amide bonds. The van der Waals surface area contributed by atoms with Gasteiger partial charge in [-0.3, -0.25) is 4.79 Å². The molecule has 0 fully saturated rings. The van der Waals surface area contributed by atoms with Crippen molar-refractivity contribution in [3.63, 3.8) is 0 Å². The number of benzene rings is 2. The van der Waals surface area contributed by atoms with E-state index >= 15 is 0 Å². The Labute approximate surface area is 164 Å². The number of aromatic nitrogens is 1. The van der Waals surface area contributed by atoms with Gasteiger partial charge in [-0.25, -0.2) is 5.43 Å². The molecule has 0 radical (unpaired) electrons. The number of methoxy groups -OCH3 is 2. The first-order valence-electron chi connectivity index (χ1n) is 8.78. The van der Waals surface area contributed by atoms with E-state index in [2.05, 4.69) is 10.5 Å². The fourth-order valence-electron chi connectivity index (χ4n) is 2.71. The van der Waals surface area contributed by atoms with E-state index in [4.69, 9.17) is 9.47 Å². The van der Waals surface area contributed by atoms with Crippen molar-refractivity contribution in [2.24, 2.45) is 5.10 Å². The van der Waals surface area contributed by atoms with Crippen molar-refractivity contribution in [3.05, 3.63) is 89.7 Å². The molecule has 1 N–H and O–H groups in total. The third-order valence-corrected chi connectivity index (χ3v) is 4.13. The molecule has 142 valence electrons. The zero-order valence-corrected chi connectivity index (χ0v) is 15.8. The van der Waals surface area contributed by atoms with Gasteiger partial charge in [0.2, 0.25) is 0 Å². The number of hydrogen-bond donors (Lipinski definition) is 1. The lowest BCUT2D eigenvalue weighted by atomic mass is 10.2. The summed E-state index contributed by atoms with van der Waals surface area (Å²) < 4.78 is 12.5. The van der Waals surface area contributed by atoms with Gasteiger partial charge in [-0.1, -0.05) is 30.3 Å². The Morgan fingerprint density at radius 3 is 2.64 bits per heavy atom. The van der Waals surface area contributed by atoms with Gasteiger partial charge in [0.1, 0.15) is 17.1 Å². The standard InChI is InChI=1S/C22H21N3O3/c1-27-20-10-11-21(28-2)19(13-20)14-23-24-22(26)18-9-6-12-25(16-18)15-17-7-4-3-5-8-17/h3-14,16H,15H2,1-2H3/p+1/b23-14+. The summed E-state index contributed by atoms with van der Waals surface area (Å²) in [5, 5.41) is 4.05. The first-order chi connectivity index (χ1) is 13.7. The van der Waals surface area contributed by atoms with Gasteiger partial charge in [0.05, 0.1) is 20.4 Å². The number of rotatable bonds is 7. The predicted octanol–water partition coefficient (Wildman–Crippen LogP) is 2.80. The molecule has 0 saturated carbocycles. The average molecular weight is 376 g/mol. The Bertz CT molecular complexity index is 972. The van der Waals surface area contributed by atoms with E-state index in [0.29, 0.717) is 29.2 Å². The van der Waals surface area contributed by atoms with Gasteiger partial charge >= 0.3 is 0 Å². The van der Waals surface area contributed by atoms with Crippen LogP contribution in [0.4, 0.5) is 0 Å². The topological polar surface area (TPSA) is 63.8 Å². The minimum absolute atomic E-state index is 0.291. The quantitative estimate of drug-likeness (QED) is 0.392. The maximum Gasteiger partial charge on any atom is 0.277 e. The van der Waals surface area contributed by atoms with Gasteiger partial charge in [0.15, 0.2) is 18.9 Å². The van der Waals surface area contributed by atoms with Gasteiger partial charge in [-0.05, 0) is 24.3 Å². The van der Waals surface area contributed by atoms with Crippen molar-refractivity contribution in [1.82, 2.24) is 5.43 Å². The monoisotopic (exact) mass is 376 g/mol. The van der Waals surface area contributed by atoms with Crippen molar-refractivity contribution in [2.75, 3.05) is 14.2 Å². The molecule has 0 atom stereocenters. The molecule has 1 heterocycles. The van der Waals surface area contributed by atoms with Crippen LogP contribution in [-0.4, -0.2) is 26.3 Å². The third kappa shape index (κ3) is 4.94. The van der Waals surface area contributed by atoms with Crippen LogP contribution in [0, 0.1) is 0 Å². The smallest absolute Gasteiger partial charge is 0.277 e. The summed E-state index contributed by atoms with van der Waals surface area (Å²) in [6, 6.07) is 19.0. The number of hydrazone groups is 1. The van der Waals surface area contributed by atoms with E-state index in [-0.39, 0.29) is 5.91 Å². The molecule has 1 aromatic heterocycles. The van der Waals surface area contributed by atoms with Crippen LogP contribution in [0.2, 0.25) is 0 Å². The molecule has 0 aliphatic rings. The molecule has 2 aromatic carbocycles. The zero-order chi connectivity index (χ0) is 19.8. The summed E-state index contributed by atoms with van der Waals surface area (Å²) >= 11 is 0. The first-order valence-corrected chi connectivity index (χ1v) is 8.78. The van der Waals surface area contributed by atoms with E-state index in [1.54, 1.807) is 44.7 Å². The number of pyridine rings is 1. The van der Waals surface area contributed by atoms with Crippen LogP contribution in [0.3, 0.4) is 0 Å². The Morgan fingerprint density at radius 2 is 1.89 bits per heavy atom. The second-order valence-electron chi connectivity index (χ2n) is 6.06. The van der Waals surface area contributed by atoms with Crippen molar-refractivity contribution in [2.45, 2.75) is 6.54 Å².